The van der Waals surface area contributed by atoms with Gasteiger partial charge in [0.05, 0.1) is 25.4 Å². The average Bonchev–Trinajstić information content (AvgIpc) is 3.23. The largest absolute Gasteiger partial charge is 0.726 e. The Morgan fingerprint density at radius 2 is 1.06 bits per heavy atom. The number of amides is 1. The quantitative estimate of drug-likeness (QED) is 0.0146. The van der Waals surface area contributed by atoms with E-state index >= 15 is 0 Å². The molecule has 2 unspecified atom stereocenters. The van der Waals surface area contributed by atoms with Crippen LogP contribution in [0.25, 0.3) is 0 Å². The molecular formula is C48H94N2O11S. The third kappa shape index (κ3) is 33.1. The molecule has 9 N–H and O–H groups in total. The number of unbranched alkanes of at least 4 members (excludes halogenated alkanes) is 28. The lowest BCUT2D eigenvalue weighted by atomic mass is 9.99. The van der Waals surface area contributed by atoms with Gasteiger partial charge >= 0.3 is 0 Å². The lowest BCUT2D eigenvalue weighted by molar-refractivity contribution is -0.298. The maximum Gasteiger partial charge on any atom is 0.220 e. The van der Waals surface area contributed by atoms with Crippen LogP contribution in [0.1, 0.15) is 219 Å². The second-order valence-electron chi connectivity index (χ2n) is 17.4. The van der Waals surface area contributed by atoms with Gasteiger partial charge < -0.3 is 45.9 Å². The first-order valence-electron chi connectivity index (χ1n) is 24.7. The van der Waals surface area contributed by atoms with Crippen LogP contribution in [0.3, 0.4) is 0 Å². The number of aliphatic hydroxyl groups is 4. The highest BCUT2D eigenvalue weighted by atomic mass is 32.3. The van der Waals surface area contributed by atoms with Crippen LogP contribution >= 0.6 is 0 Å². The number of aliphatic hydroxyl groups excluding tert-OH is 4. The fourth-order valence-electron chi connectivity index (χ4n) is 7.86. The van der Waals surface area contributed by atoms with Gasteiger partial charge in [-0.05, 0) is 44.9 Å². The number of hydrogen-bond acceptors (Lipinski definition) is 11. The van der Waals surface area contributed by atoms with Gasteiger partial charge in [0.1, 0.15) is 24.4 Å². The highest BCUT2D eigenvalue weighted by Crippen LogP contribution is 2.26. The second-order valence-corrected chi connectivity index (χ2v) is 18.4. The van der Waals surface area contributed by atoms with Gasteiger partial charge in [0.25, 0.3) is 0 Å². The van der Waals surface area contributed by atoms with Gasteiger partial charge in [-0.1, -0.05) is 192 Å². The average molecular weight is 907 g/mol. The Bertz CT molecular complexity index is 1190. The lowest BCUT2D eigenvalue weighted by Gasteiger charge is -2.42. The Morgan fingerprint density at radius 3 is 1.48 bits per heavy atom. The molecule has 0 aromatic rings. The molecule has 0 spiro atoms. The van der Waals surface area contributed by atoms with E-state index < -0.39 is 59.9 Å². The van der Waals surface area contributed by atoms with Crippen molar-refractivity contribution in [1.82, 2.24) is 11.5 Å². The topological polar surface area (TPSA) is 231 Å². The number of hydrogen-bond donors (Lipinski definition) is 6. The molecule has 0 saturated carbocycles. The third-order valence-corrected chi connectivity index (χ3v) is 12.2. The molecule has 0 radical (unpaired) electrons. The van der Waals surface area contributed by atoms with E-state index in [9.17, 15) is 38.2 Å². The summed E-state index contributed by atoms with van der Waals surface area (Å²) >= 11 is 0. The van der Waals surface area contributed by atoms with Crippen LogP contribution in [0.4, 0.5) is 0 Å². The zero-order valence-corrected chi connectivity index (χ0v) is 40.3. The number of carbonyl (C=O) groups excluding carboxylic acids is 1. The molecule has 0 aromatic carbocycles. The van der Waals surface area contributed by atoms with E-state index in [1.54, 1.807) is 6.08 Å². The molecule has 368 valence electrons. The van der Waals surface area contributed by atoms with Crippen molar-refractivity contribution < 1.29 is 51.8 Å². The van der Waals surface area contributed by atoms with E-state index in [2.05, 4.69) is 35.5 Å². The first-order chi connectivity index (χ1) is 29.5. The van der Waals surface area contributed by atoms with Crippen LogP contribution in [0.15, 0.2) is 24.3 Å². The lowest BCUT2D eigenvalue weighted by Crippen LogP contribution is -2.61. The maximum absolute atomic E-state index is 13.0. The van der Waals surface area contributed by atoms with E-state index in [0.29, 0.717) is 6.42 Å². The molecule has 0 aliphatic carbocycles. The van der Waals surface area contributed by atoms with Crippen molar-refractivity contribution in [2.45, 2.75) is 262 Å². The molecule has 0 bridgehead atoms. The molecule has 62 heavy (non-hydrogen) atoms. The fourth-order valence-corrected chi connectivity index (χ4v) is 8.36. The van der Waals surface area contributed by atoms with Crippen molar-refractivity contribution in [3.05, 3.63) is 24.3 Å². The smallest absolute Gasteiger partial charge is 0.220 e. The molecule has 1 heterocycles. The van der Waals surface area contributed by atoms with Crippen LogP contribution in [0.5, 0.6) is 0 Å². The first kappa shape index (κ1) is 60.5. The van der Waals surface area contributed by atoms with Gasteiger partial charge in [-0.15, -0.1) is 0 Å². The van der Waals surface area contributed by atoms with E-state index in [0.717, 1.165) is 38.5 Å². The molecule has 1 aliphatic heterocycles. The second kappa shape index (κ2) is 41.0. The molecule has 1 saturated heterocycles. The molecule has 0 aromatic heterocycles. The number of ether oxygens (including phenoxy) is 2. The Balaban J connectivity index is 0.0000372. The molecule has 7 atom stereocenters. The summed E-state index contributed by atoms with van der Waals surface area (Å²) in [7, 11) is -5.33. The van der Waals surface area contributed by atoms with Gasteiger partial charge in [-0.25, -0.2) is 8.42 Å². The van der Waals surface area contributed by atoms with Crippen molar-refractivity contribution in [1.29, 1.82) is 0 Å². The highest BCUT2D eigenvalue weighted by Gasteiger charge is 2.47. The van der Waals surface area contributed by atoms with Gasteiger partial charge in [-0.3, -0.25) is 8.98 Å². The first-order valence-corrected chi connectivity index (χ1v) is 26.0. The van der Waals surface area contributed by atoms with Crippen molar-refractivity contribution in [3.8, 4) is 0 Å². The van der Waals surface area contributed by atoms with Crippen molar-refractivity contribution in [2.24, 2.45) is 0 Å². The minimum Gasteiger partial charge on any atom is -0.726 e. The fraction of sp³-hybridized carbons (Fsp3) is 0.896. The number of carbonyl (C=O) groups is 1. The summed E-state index contributed by atoms with van der Waals surface area (Å²) in [5.74, 6) is -0.271. The van der Waals surface area contributed by atoms with E-state index in [1.807, 2.05) is 6.08 Å². The molecule has 1 fully saturated rings. The van der Waals surface area contributed by atoms with Gasteiger partial charge in [0.2, 0.25) is 16.3 Å². The van der Waals surface area contributed by atoms with Crippen molar-refractivity contribution >= 4 is 16.3 Å². The van der Waals surface area contributed by atoms with E-state index in [1.165, 1.54) is 154 Å². The van der Waals surface area contributed by atoms with Crippen LogP contribution in [-0.4, -0.2) is 95.4 Å². The molecule has 14 heteroatoms. The highest BCUT2D eigenvalue weighted by molar-refractivity contribution is 7.80. The molecule has 1 rings (SSSR count). The summed E-state index contributed by atoms with van der Waals surface area (Å²) in [5.41, 5.74) is 0. The van der Waals surface area contributed by atoms with Crippen LogP contribution in [-0.2, 0) is 28.9 Å². The predicted octanol–water partition coefficient (Wildman–Crippen LogP) is 10.1. The zero-order valence-electron chi connectivity index (χ0n) is 39.4. The van der Waals surface area contributed by atoms with Gasteiger partial charge in [0.15, 0.2) is 6.29 Å². The Morgan fingerprint density at radius 1 is 0.661 bits per heavy atom. The van der Waals surface area contributed by atoms with Crippen LogP contribution in [0.2, 0.25) is 0 Å². The monoisotopic (exact) mass is 907 g/mol. The third-order valence-electron chi connectivity index (χ3n) is 11.7. The van der Waals surface area contributed by atoms with E-state index in [-0.39, 0.29) is 25.1 Å². The Hall–Kier alpha value is -1.46. The SMILES string of the molecule is CCCCCCCC/C=C\CCCCCCCCCCCCCC(=O)N[C@@H](CO[C@H]1O[C@H](CO)[C@H](O)C(OS(=O)(=O)[O-])C1O)[C@H](O)/C=C/CCCCCCCCCCCCC.[NH4+]. The van der Waals surface area contributed by atoms with Crippen molar-refractivity contribution in [2.75, 3.05) is 13.2 Å². The van der Waals surface area contributed by atoms with Gasteiger partial charge in [0, 0.05) is 6.42 Å². The molecule has 1 amide bonds. The summed E-state index contributed by atoms with van der Waals surface area (Å²) in [4.78, 5) is 13.0. The summed E-state index contributed by atoms with van der Waals surface area (Å²) in [5, 5.41) is 44.6. The normalized spacial score (nSPS) is 20.5. The molecular weight excluding hydrogens is 813 g/mol. The minimum absolute atomic E-state index is 0. The van der Waals surface area contributed by atoms with E-state index in [4.69, 9.17) is 9.47 Å². The minimum atomic E-state index is -5.33. The molecule has 1 aliphatic rings. The number of rotatable bonds is 42. The summed E-state index contributed by atoms with van der Waals surface area (Å²) in [6.45, 7) is 3.35. The van der Waals surface area contributed by atoms with Crippen LogP contribution < -0.4 is 11.5 Å². The maximum atomic E-state index is 13.0. The zero-order chi connectivity index (χ0) is 44.8. The van der Waals surface area contributed by atoms with Crippen molar-refractivity contribution in [3.63, 3.8) is 0 Å². The Kier molecular flexibility index (Phi) is 40.0. The summed E-state index contributed by atoms with van der Waals surface area (Å²) in [6.07, 6.45) is 36.1. The number of allylic oxidation sites excluding steroid dienone is 3. The Labute approximate surface area is 378 Å². The van der Waals surface area contributed by atoms with Gasteiger partial charge in [-0.2, -0.15) is 0 Å². The summed E-state index contributed by atoms with van der Waals surface area (Å²) in [6, 6.07) is -0.953. The molecule has 13 nitrogen and oxygen atoms in total. The number of quaternary nitrogens is 1. The predicted molar refractivity (Wildman–Crippen MR) is 250 cm³/mol. The standard InChI is InChI=1S/C48H91NO11S.H3N/c1-3-5-7-9-11-13-15-17-18-19-20-21-22-23-24-26-28-30-32-34-36-38-44(52)49-41(42(51)37-35-33-31-29-27-25-16-14-12-10-8-6-4-2)40-58-48-46(54)47(60-61(55,56)57)45(53)43(39-50)59-48;/h17-18,35,37,41-43,45-48,50-51,53-54H,3-16,19-34,36,38-40H2,1-2H3,(H,49,52)(H,55,56,57);1H3/b18-17-,37-35+;/t41-,42+,43+,45-,46?,47?,48-;/m0./s1. The van der Waals surface area contributed by atoms with Crippen LogP contribution in [0, 0.1) is 0 Å². The summed E-state index contributed by atoms with van der Waals surface area (Å²) < 4.78 is 49.3. The number of nitrogens with one attached hydrogen (secondary N) is 1.